The Kier molecular flexibility index (Phi) is 9.14. The molecular formula is C9H18NO5SSi. The highest BCUT2D eigenvalue weighted by atomic mass is 32.2. The number of rotatable bonds is 8. The molecule has 0 aliphatic carbocycles. The van der Waals surface area contributed by atoms with E-state index in [0.29, 0.717) is 12.2 Å². The van der Waals surface area contributed by atoms with E-state index in [-0.39, 0.29) is 18.4 Å². The minimum Gasteiger partial charge on any atom is -0.511 e. The van der Waals surface area contributed by atoms with E-state index in [1.165, 1.54) is 6.92 Å². The molecule has 0 aliphatic heterocycles. The predicted molar refractivity (Wildman–Crippen MR) is 66.6 cm³/mol. The van der Waals surface area contributed by atoms with Crippen molar-refractivity contribution in [3.8, 4) is 0 Å². The van der Waals surface area contributed by atoms with Crippen molar-refractivity contribution in [3.05, 3.63) is 0 Å². The quantitative estimate of drug-likeness (QED) is 0.486. The summed E-state index contributed by atoms with van der Waals surface area (Å²) in [5.74, 6) is -0.193. The number of aliphatic hydroxyl groups is 2. The van der Waals surface area contributed by atoms with Gasteiger partial charge < -0.3 is 20.0 Å². The van der Waals surface area contributed by atoms with Crippen molar-refractivity contribution in [1.82, 2.24) is 5.32 Å². The molecular weight excluding hydrogens is 262 g/mol. The van der Waals surface area contributed by atoms with Crippen LogP contribution in [0.1, 0.15) is 13.3 Å². The van der Waals surface area contributed by atoms with Crippen LogP contribution in [0.4, 0.5) is 0 Å². The van der Waals surface area contributed by atoms with Crippen LogP contribution < -0.4 is 5.32 Å². The van der Waals surface area contributed by atoms with Crippen LogP contribution in [0.2, 0.25) is 0 Å². The molecule has 0 spiro atoms. The molecule has 17 heavy (non-hydrogen) atoms. The van der Waals surface area contributed by atoms with E-state index < -0.39 is 21.1 Å². The fourth-order valence-electron chi connectivity index (χ4n) is 1.06. The third-order valence-corrected chi connectivity index (χ3v) is 3.71. The van der Waals surface area contributed by atoms with Gasteiger partial charge in [0.1, 0.15) is 6.04 Å². The van der Waals surface area contributed by atoms with Crippen molar-refractivity contribution in [2.75, 3.05) is 24.5 Å². The zero-order valence-corrected chi connectivity index (χ0v) is 11.7. The smallest absolute Gasteiger partial charge is 0.337 e. The van der Waals surface area contributed by atoms with E-state index >= 15 is 0 Å². The molecule has 1 radical (unpaired) electrons. The molecule has 0 bridgehead atoms. The van der Waals surface area contributed by atoms with Gasteiger partial charge in [0.25, 0.3) is 0 Å². The second-order valence-electron chi connectivity index (χ2n) is 3.31. The maximum Gasteiger partial charge on any atom is 0.337 e. The first-order chi connectivity index (χ1) is 8.04. The minimum atomic E-state index is -1.92. The van der Waals surface area contributed by atoms with Crippen molar-refractivity contribution in [1.29, 1.82) is 0 Å². The van der Waals surface area contributed by atoms with E-state index in [9.17, 15) is 9.59 Å². The summed E-state index contributed by atoms with van der Waals surface area (Å²) in [4.78, 5) is 22.6. The monoisotopic (exact) mass is 280 g/mol. The fraction of sp³-hybridized carbons (Fsp3) is 0.778. The summed E-state index contributed by atoms with van der Waals surface area (Å²) in [7, 11) is -1.92. The van der Waals surface area contributed by atoms with Gasteiger partial charge in [-0.05, 0) is 18.4 Å². The highest BCUT2D eigenvalue weighted by Gasteiger charge is 2.24. The molecule has 0 unspecified atom stereocenters. The van der Waals surface area contributed by atoms with E-state index in [1.54, 1.807) is 11.8 Å². The Bertz CT molecular complexity index is 250. The second-order valence-corrected chi connectivity index (χ2v) is 6.21. The van der Waals surface area contributed by atoms with Crippen LogP contribution >= 0.6 is 11.8 Å². The minimum absolute atomic E-state index is 0.310. The first-order valence-corrected chi connectivity index (χ1v) is 8.30. The summed E-state index contributed by atoms with van der Waals surface area (Å²) in [6.45, 7) is 1.32. The molecule has 6 nitrogen and oxygen atoms in total. The number of carbonyl (C=O) groups excluding carboxylic acids is 2. The third kappa shape index (κ3) is 7.37. The lowest BCUT2D eigenvalue weighted by Crippen LogP contribution is -2.44. The zero-order chi connectivity index (χ0) is 13.3. The first kappa shape index (κ1) is 16.4. The van der Waals surface area contributed by atoms with Crippen molar-refractivity contribution in [2.45, 2.75) is 19.4 Å². The van der Waals surface area contributed by atoms with E-state index in [0.717, 1.165) is 0 Å². The molecule has 0 aromatic carbocycles. The number of carbonyl (C=O) groups is 2. The van der Waals surface area contributed by atoms with Crippen molar-refractivity contribution >= 4 is 32.7 Å². The first-order valence-electron chi connectivity index (χ1n) is 5.09. The van der Waals surface area contributed by atoms with Crippen LogP contribution in [0, 0.1) is 0 Å². The summed E-state index contributed by atoms with van der Waals surface area (Å²) in [6.07, 6.45) is 1.67. The van der Waals surface area contributed by atoms with Gasteiger partial charge in [-0.3, -0.25) is 9.59 Å². The predicted octanol–water partition coefficient (Wildman–Crippen LogP) is -1.16. The Morgan fingerprint density at radius 3 is 2.41 bits per heavy atom. The van der Waals surface area contributed by atoms with Crippen molar-refractivity contribution in [3.63, 3.8) is 0 Å². The van der Waals surface area contributed by atoms with Crippen LogP contribution in [0.5, 0.6) is 0 Å². The summed E-state index contributed by atoms with van der Waals surface area (Å²) in [5, 5.41) is 20.2. The number of hydrogen-bond acceptors (Lipinski definition) is 6. The average molecular weight is 280 g/mol. The Morgan fingerprint density at radius 1 is 1.41 bits per heavy atom. The Balaban J connectivity index is 4.34. The van der Waals surface area contributed by atoms with E-state index in [4.69, 9.17) is 14.6 Å². The average Bonchev–Trinajstić information content (AvgIpc) is 2.30. The highest BCUT2D eigenvalue weighted by Crippen LogP contribution is 2.03. The highest BCUT2D eigenvalue weighted by molar-refractivity contribution is 7.98. The van der Waals surface area contributed by atoms with Crippen LogP contribution in [0.15, 0.2) is 0 Å². The van der Waals surface area contributed by atoms with Gasteiger partial charge in [-0.2, -0.15) is 11.8 Å². The molecule has 1 amide bonds. The van der Waals surface area contributed by atoms with Crippen molar-refractivity contribution < 1.29 is 24.2 Å². The lowest BCUT2D eigenvalue weighted by atomic mass is 10.2. The van der Waals surface area contributed by atoms with Gasteiger partial charge in [-0.1, -0.05) is 0 Å². The second kappa shape index (κ2) is 9.46. The lowest BCUT2D eigenvalue weighted by Gasteiger charge is -2.18. The molecule has 0 saturated carbocycles. The standard InChI is InChI=1S/C9H18NO5SSi/c1-7(13)10-8(3-4-16-2)9(14)15-17(5-11)6-12/h8,11-12H,3-6H2,1-2H3,(H,10,13)/t8-/m0/s1. The Hall–Kier alpha value is -0.573. The molecule has 1 atom stereocenters. The van der Waals surface area contributed by atoms with Crippen LogP contribution in [0.3, 0.4) is 0 Å². The van der Waals surface area contributed by atoms with E-state index in [2.05, 4.69) is 5.32 Å². The van der Waals surface area contributed by atoms with Gasteiger partial charge in [0.05, 0.1) is 12.5 Å². The van der Waals surface area contributed by atoms with E-state index in [1.807, 2.05) is 6.26 Å². The largest absolute Gasteiger partial charge is 0.511 e. The van der Waals surface area contributed by atoms with Gasteiger partial charge in [-0.25, -0.2) is 0 Å². The summed E-state index contributed by atoms with van der Waals surface area (Å²) >= 11 is 1.56. The molecule has 0 aliphatic rings. The molecule has 0 aromatic heterocycles. The van der Waals surface area contributed by atoms with Gasteiger partial charge in [0, 0.05) is 6.92 Å². The summed E-state index contributed by atoms with van der Waals surface area (Å²) in [6, 6.07) is -0.710. The molecule has 0 heterocycles. The Labute approximate surface area is 106 Å². The molecule has 0 fully saturated rings. The number of amides is 1. The molecule has 0 rings (SSSR count). The number of hydrogen-bond donors (Lipinski definition) is 3. The number of aliphatic hydroxyl groups excluding tert-OH is 2. The van der Waals surface area contributed by atoms with Gasteiger partial charge in [0.15, 0.2) is 0 Å². The van der Waals surface area contributed by atoms with Gasteiger partial charge >= 0.3 is 15.0 Å². The maximum atomic E-state index is 11.7. The molecule has 3 N–H and O–H groups in total. The molecule has 8 heteroatoms. The number of thioether (sulfide) groups is 1. The zero-order valence-electron chi connectivity index (χ0n) is 9.93. The van der Waals surface area contributed by atoms with Crippen molar-refractivity contribution in [2.24, 2.45) is 0 Å². The van der Waals surface area contributed by atoms with Gasteiger partial charge in [-0.15, -0.1) is 0 Å². The summed E-state index contributed by atoms with van der Waals surface area (Å²) in [5.41, 5.74) is 0. The summed E-state index contributed by atoms with van der Waals surface area (Å²) < 4.78 is 4.95. The topological polar surface area (TPSA) is 95.9 Å². The SMILES string of the molecule is CSCC[C@H](NC(C)=O)C(=O)O[Si](CO)CO. The fourth-order valence-corrected chi connectivity index (χ4v) is 2.19. The Morgan fingerprint density at radius 2 is 2.00 bits per heavy atom. The molecule has 0 saturated heterocycles. The van der Waals surface area contributed by atoms with Crippen LogP contribution in [-0.2, 0) is 14.0 Å². The normalized spacial score (nSPS) is 12.3. The third-order valence-electron chi connectivity index (χ3n) is 1.87. The molecule has 0 aromatic rings. The molecule has 99 valence electrons. The number of nitrogens with one attached hydrogen (secondary N) is 1. The van der Waals surface area contributed by atoms with Crippen LogP contribution in [-0.4, -0.2) is 61.6 Å². The lowest BCUT2D eigenvalue weighted by molar-refractivity contribution is -0.139. The maximum absolute atomic E-state index is 11.7. The van der Waals surface area contributed by atoms with Gasteiger partial charge in [0.2, 0.25) is 5.91 Å². The van der Waals surface area contributed by atoms with Crippen LogP contribution in [0.25, 0.3) is 0 Å².